The lowest BCUT2D eigenvalue weighted by atomic mass is 9.95. The van der Waals surface area contributed by atoms with E-state index in [0.29, 0.717) is 6.54 Å². The van der Waals surface area contributed by atoms with E-state index in [9.17, 15) is 10.2 Å². The van der Waals surface area contributed by atoms with E-state index in [4.69, 9.17) is 4.74 Å². The average molecular weight is 385 g/mol. The van der Waals surface area contributed by atoms with Crippen LogP contribution in [-0.4, -0.2) is 62.4 Å². The van der Waals surface area contributed by atoms with Crippen LogP contribution in [0.2, 0.25) is 0 Å². The quantitative estimate of drug-likeness (QED) is 0.737. The first-order valence-electron chi connectivity index (χ1n) is 10.3. The van der Waals surface area contributed by atoms with Gasteiger partial charge in [-0.05, 0) is 32.2 Å². The Kier molecular flexibility index (Phi) is 4.60. The monoisotopic (exact) mass is 385 g/mol. The van der Waals surface area contributed by atoms with Crippen molar-refractivity contribution in [2.75, 3.05) is 37.6 Å². The van der Waals surface area contributed by atoms with E-state index < -0.39 is 0 Å². The van der Waals surface area contributed by atoms with Crippen molar-refractivity contribution in [2.45, 2.75) is 44.4 Å². The SMILES string of the molecule is Oc1c2c(c(O)n1CCCCN1CCN(c3cnccn3)CC1)C1CCC2O1. The van der Waals surface area contributed by atoms with Crippen LogP contribution in [0.15, 0.2) is 18.6 Å². The van der Waals surface area contributed by atoms with Crippen molar-refractivity contribution in [1.29, 1.82) is 0 Å². The molecule has 5 rings (SSSR count). The number of aromatic nitrogens is 3. The van der Waals surface area contributed by atoms with E-state index in [0.717, 1.165) is 75.4 Å². The van der Waals surface area contributed by atoms with Gasteiger partial charge >= 0.3 is 0 Å². The van der Waals surface area contributed by atoms with E-state index >= 15 is 0 Å². The van der Waals surface area contributed by atoms with Gasteiger partial charge in [0, 0.05) is 45.1 Å². The molecule has 5 heterocycles. The fourth-order valence-corrected chi connectivity index (χ4v) is 4.80. The second kappa shape index (κ2) is 7.25. The molecule has 2 N–H and O–H groups in total. The first-order chi connectivity index (χ1) is 13.7. The molecule has 2 bridgehead atoms. The summed E-state index contributed by atoms with van der Waals surface area (Å²) in [6.07, 6.45) is 9.04. The summed E-state index contributed by atoms with van der Waals surface area (Å²) in [6, 6.07) is 0. The highest BCUT2D eigenvalue weighted by Gasteiger charge is 2.45. The van der Waals surface area contributed by atoms with Crippen molar-refractivity contribution in [3.8, 4) is 11.8 Å². The summed E-state index contributed by atoms with van der Waals surface area (Å²) in [5.74, 6) is 1.36. The molecule has 2 atom stereocenters. The number of rotatable bonds is 6. The van der Waals surface area contributed by atoms with Gasteiger partial charge in [0.2, 0.25) is 0 Å². The van der Waals surface area contributed by atoms with Gasteiger partial charge in [-0.3, -0.25) is 14.5 Å². The molecule has 2 unspecified atom stereocenters. The van der Waals surface area contributed by atoms with E-state index in [-0.39, 0.29) is 24.0 Å². The number of anilines is 1. The van der Waals surface area contributed by atoms with E-state index in [1.165, 1.54) is 0 Å². The minimum Gasteiger partial charge on any atom is -0.494 e. The number of hydrogen-bond donors (Lipinski definition) is 2. The lowest BCUT2D eigenvalue weighted by Crippen LogP contribution is -2.46. The maximum absolute atomic E-state index is 10.5. The number of aromatic hydroxyl groups is 2. The predicted octanol–water partition coefficient (Wildman–Crippen LogP) is 2.20. The van der Waals surface area contributed by atoms with Crippen LogP contribution in [0.4, 0.5) is 5.82 Å². The standard InChI is InChI=1S/C20H27N5O3/c26-19-17-14-3-4-15(28-14)18(17)20(27)25(19)8-2-1-7-23-9-11-24(12-10-23)16-13-21-5-6-22-16/h5-6,13-15,26-27H,1-4,7-12H2. The van der Waals surface area contributed by atoms with Crippen LogP contribution in [0.25, 0.3) is 0 Å². The molecule has 2 aromatic rings. The van der Waals surface area contributed by atoms with Gasteiger partial charge in [-0.25, -0.2) is 4.98 Å². The third-order valence-corrected chi connectivity index (χ3v) is 6.30. The van der Waals surface area contributed by atoms with Crippen molar-refractivity contribution in [3.63, 3.8) is 0 Å². The number of hydrogen-bond acceptors (Lipinski definition) is 7. The topological polar surface area (TPSA) is 86.9 Å². The van der Waals surface area contributed by atoms with Gasteiger partial charge in [-0.2, -0.15) is 0 Å². The molecule has 0 aliphatic carbocycles. The van der Waals surface area contributed by atoms with Gasteiger partial charge in [-0.1, -0.05) is 0 Å². The fourth-order valence-electron chi connectivity index (χ4n) is 4.80. The normalized spacial score (nSPS) is 24.1. The lowest BCUT2D eigenvalue weighted by Gasteiger charge is -2.35. The highest BCUT2D eigenvalue weighted by atomic mass is 16.5. The van der Waals surface area contributed by atoms with Crippen molar-refractivity contribution in [3.05, 3.63) is 29.7 Å². The number of ether oxygens (including phenoxy) is 1. The largest absolute Gasteiger partial charge is 0.494 e. The Balaban J connectivity index is 1.10. The third kappa shape index (κ3) is 3.00. The minimum absolute atomic E-state index is 0.0299. The van der Waals surface area contributed by atoms with Crippen LogP contribution in [0.3, 0.4) is 0 Å². The van der Waals surface area contributed by atoms with E-state index in [1.54, 1.807) is 17.0 Å². The Morgan fingerprint density at radius 2 is 1.61 bits per heavy atom. The molecule has 0 spiro atoms. The highest BCUT2D eigenvalue weighted by molar-refractivity contribution is 5.51. The molecule has 0 aromatic carbocycles. The molecule has 8 nitrogen and oxygen atoms in total. The second-order valence-electron chi connectivity index (χ2n) is 7.92. The first-order valence-corrected chi connectivity index (χ1v) is 10.3. The molecule has 3 aliphatic heterocycles. The summed E-state index contributed by atoms with van der Waals surface area (Å²) in [4.78, 5) is 13.3. The number of unbranched alkanes of at least 4 members (excludes halogenated alkanes) is 1. The van der Waals surface area contributed by atoms with Gasteiger partial charge in [0.15, 0.2) is 11.8 Å². The summed E-state index contributed by atoms with van der Waals surface area (Å²) < 4.78 is 7.46. The molecule has 0 saturated carbocycles. The van der Waals surface area contributed by atoms with Crippen LogP contribution in [0.5, 0.6) is 11.8 Å². The van der Waals surface area contributed by atoms with Crippen LogP contribution in [0, 0.1) is 0 Å². The first kappa shape index (κ1) is 17.8. The lowest BCUT2D eigenvalue weighted by molar-refractivity contribution is 0.0677. The molecule has 2 aromatic heterocycles. The molecule has 150 valence electrons. The predicted molar refractivity (Wildman–Crippen MR) is 103 cm³/mol. The summed E-state index contributed by atoms with van der Waals surface area (Å²) >= 11 is 0. The third-order valence-electron chi connectivity index (χ3n) is 6.30. The van der Waals surface area contributed by atoms with Crippen molar-refractivity contribution in [2.24, 2.45) is 0 Å². The molecule has 28 heavy (non-hydrogen) atoms. The number of piperazine rings is 1. The van der Waals surface area contributed by atoms with Crippen molar-refractivity contribution < 1.29 is 14.9 Å². The Hall–Kier alpha value is -2.32. The number of fused-ring (bicyclic) bond motifs is 5. The Labute approximate surface area is 164 Å². The maximum atomic E-state index is 10.5. The molecular weight excluding hydrogens is 358 g/mol. The van der Waals surface area contributed by atoms with Gasteiger partial charge in [-0.15, -0.1) is 0 Å². The average Bonchev–Trinajstić information content (AvgIpc) is 3.41. The van der Waals surface area contributed by atoms with Gasteiger partial charge in [0.25, 0.3) is 0 Å². The molecular formula is C20H27N5O3. The Bertz CT molecular complexity index is 799. The maximum Gasteiger partial charge on any atom is 0.200 e. The summed E-state index contributed by atoms with van der Waals surface area (Å²) in [5.41, 5.74) is 1.66. The van der Waals surface area contributed by atoms with Crippen LogP contribution in [0.1, 0.15) is 49.0 Å². The van der Waals surface area contributed by atoms with E-state index in [1.807, 2.05) is 6.20 Å². The summed E-state index contributed by atoms with van der Waals surface area (Å²) in [5, 5.41) is 21.1. The zero-order valence-electron chi connectivity index (χ0n) is 16.0. The zero-order chi connectivity index (χ0) is 19.1. The summed E-state index contributed by atoms with van der Waals surface area (Å²) in [6.45, 7) is 5.65. The van der Waals surface area contributed by atoms with Crippen LogP contribution in [-0.2, 0) is 11.3 Å². The van der Waals surface area contributed by atoms with Gasteiger partial charge < -0.3 is 19.8 Å². The minimum atomic E-state index is -0.0299. The molecule has 2 saturated heterocycles. The molecule has 0 radical (unpaired) electrons. The smallest absolute Gasteiger partial charge is 0.200 e. The van der Waals surface area contributed by atoms with Crippen LogP contribution >= 0.6 is 0 Å². The van der Waals surface area contributed by atoms with Gasteiger partial charge in [0.1, 0.15) is 5.82 Å². The Morgan fingerprint density at radius 3 is 2.25 bits per heavy atom. The molecule has 0 amide bonds. The van der Waals surface area contributed by atoms with E-state index in [2.05, 4.69) is 19.8 Å². The highest BCUT2D eigenvalue weighted by Crippen LogP contribution is 2.57. The Morgan fingerprint density at radius 1 is 0.929 bits per heavy atom. The number of nitrogens with zero attached hydrogens (tertiary/aromatic N) is 5. The van der Waals surface area contributed by atoms with Gasteiger partial charge in [0.05, 0.1) is 29.5 Å². The van der Waals surface area contributed by atoms with Crippen molar-refractivity contribution >= 4 is 5.82 Å². The molecule has 3 aliphatic rings. The molecule has 8 heteroatoms. The van der Waals surface area contributed by atoms with Crippen molar-refractivity contribution in [1.82, 2.24) is 19.4 Å². The fraction of sp³-hybridized carbons (Fsp3) is 0.600. The summed E-state index contributed by atoms with van der Waals surface area (Å²) in [7, 11) is 0. The zero-order valence-corrected chi connectivity index (χ0v) is 16.0. The van der Waals surface area contributed by atoms with Crippen LogP contribution < -0.4 is 4.90 Å². The second-order valence-corrected chi connectivity index (χ2v) is 7.92. The molecule has 2 fully saturated rings.